The van der Waals surface area contributed by atoms with Crippen LogP contribution in [0.15, 0.2) is 58.3 Å². The SMILES string of the molecule is CCCc1[nH]n(-c2ccc(OC)cc2)c(=O)c1C(C)=NCCOc1ccccc1OC. The zero-order valence-corrected chi connectivity index (χ0v) is 18.5. The third kappa shape index (κ3) is 5.17. The number of ether oxygens (including phenoxy) is 3. The van der Waals surface area contributed by atoms with E-state index in [2.05, 4.69) is 17.0 Å². The van der Waals surface area contributed by atoms with Crippen molar-refractivity contribution in [2.45, 2.75) is 26.7 Å². The third-order valence-electron chi connectivity index (χ3n) is 4.92. The quantitative estimate of drug-likeness (QED) is 0.395. The average molecular weight is 424 g/mol. The van der Waals surface area contributed by atoms with Crippen molar-refractivity contribution in [3.05, 3.63) is 70.1 Å². The topological polar surface area (TPSA) is 77.8 Å². The van der Waals surface area contributed by atoms with Crippen molar-refractivity contribution >= 4 is 5.71 Å². The molecule has 0 radical (unpaired) electrons. The summed E-state index contributed by atoms with van der Waals surface area (Å²) < 4.78 is 17.8. The lowest BCUT2D eigenvalue weighted by Crippen LogP contribution is -2.20. The molecule has 0 aliphatic heterocycles. The highest BCUT2D eigenvalue weighted by Gasteiger charge is 2.17. The van der Waals surface area contributed by atoms with Crippen LogP contribution in [-0.2, 0) is 6.42 Å². The second-order valence-electron chi connectivity index (χ2n) is 7.02. The summed E-state index contributed by atoms with van der Waals surface area (Å²) in [6.45, 7) is 4.77. The van der Waals surface area contributed by atoms with Gasteiger partial charge in [-0.3, -0.25) is 14.9 Å². The molecule has 0 aliphatic rings. The zero-order valence-electron chi connectivity index (χ0n) is 18.5. The average Bonchev–Trinajstić information content (AvgIpc) is 3.13. The minimum atomic E-state index is -0.111. The molecule has 0 fully saturated rings. The number of nitrogens with one attached hydrogen (secondary N) is 1. The van der Waals surface area contributed by atoms with Gasteiger partial charge in [-0.1, -0.05) is 25.5 Å². The van der Waals surface area contributed by atoms with Gasteiger partial charge in [-0.05, 0) is 49.7 Å². The summed E-state index contributed by atoms with van der Waals surface area (Å²) in [5.74, 6) is 2.10. The number of benzene rings is 2. The van der Waals surface area contributed by atoms with Crippen LogP contribution >= 0.6 is 0 Å². The molecule has 3 rings (SSSR count). The molecule has 164 valence electrons. The van der Waals surface area contributed by atoms with E-state index in [0.29, 0.717) is 35.9 Å². The van der Waals surface area contributed by atoms with Gasteiger partial charge in [0.05, 0.1) is 32.0 Å². The van der Waals surface area contributed by atoms with E-state index in [1.54, 1.807) is 18.9 Å². The summed E-state index contributed by atoms with van der Waals surface area (Å²) in [4.78, 5) is 17.8. The number of methoxy groups -OCH3 is 2. The fourth-order valence-corrected chi connectivity index (χ4v) is 3.39. The van der Waals surface area contributed by atoms with Crippen LogP contribution < -0.4 is 19.8 Å². The molecule has 0 amide bonds. The second-order valence-corrected chi connectivity index (χ2v) is 7.02. The highest BCUT2D eigenvalue weighted by Crippen LogP contribution is 2.25. The molecule has 0 unspecified atom stereocenters. The maximum Gasteiger partial charge on any atom is 0.280 e. The largest absolute Gasteiger partial charge is 0.497 e. The Kier molecular flexibility index (Phi) is 7.54. The number of aryl methyl sites for hydroxylation is 1. The number of aromatic nitrogens is 2. The van der Waals surface area contributed by atoms with Gasteiger partial charge in [0, 0.05) is 11.4 Å². The molecule has 7 nitrogen and oxygen atoms in total. The monoisotopic (exact) mass is 423 g/mol. The van der Waals surface area contributed by atoms with Gasteiger partial charge in [0.15, 0.2) is 11.5 Å². The smallest absolute Gasteiger partial charge is 0.280 e. The van der Waals surface area contributed by atoms with Gasteiger partial charge in [0.25, 0.3) is 5.56 Å². The van der Waals surface area contributed by atoms with Gasteiger partial charge in [0.2, 0.25) is 0 Å². The van der Waals surface area contributed by atoms with Gasteiger partial charge in [-0.25, -0.2) is 4.68 Å². The predicted molar refractivity (Wildman–Crippen MR) is 123 cm³/mol. The number of para-hydroxylation sites is 2. The number of rotatable bonds is 10. The molecule has 0 saturated heterocycles. The van der Waals surface area contributed by atoms with Crippen LogP contribution in [0.1, 0.15) is 31.5 Å². The molecule has 7 heteroatoms. The maximum atomic E-state index is 13.2. The minimum absolute atomic E-state index is 0.111. The Labute approximate surface area is 182 Å². The highest BCUT2D eigenvalue weighted by atomic mass is 16.5. The highest BCUT2D eigenvalue weighted by molar-refractivity contribution is 5.99. The first-order valence-corrected chi connectivity index (χ1v) is 10.3. The van der Waals surface area contributed by atoms with Crippen molar-refractivity contribution in [2.24, 2.45) is 4.99 Å². The van der Waals surface area contributed by atoms with Gasteiger partial charge >= 0.3 is 0 Å². The first kappa shape index (κ1) is 22.2. The molecule has 0 spiro atoms. The number of aromatic amines is 1. The van der Waals surface area contributed by atoms with Gasteiger partial charge in [-0.2, -0.15) is 0 Å². The summed E-state index contributed by atoms with van der Waals surface area (Å²) in [7, 11) is 3.23. The Hall–Kier alpha value is -3.48. The van der Waals surface area contributed by atoms with E-state index in [-0.39, 0.29) is 5.56 Å². The molecule has 1 N–H and O–H groups in total. The van der Waals surface area contributed by atoms with E-state index in [1.165, 1.54) is 0 Å². The number of nitrogens with zero attached hydrogens (tertiary/aromatic N) is 2. The van der Waals surface area contributed by atoms with Crippen LogP contribution in [-0.4, -0.2) is 42.9 Å². The van der Waals surface area contributed by atoms with Gasteiger partial charge in [0.1, 0.15) is 12.4 Å². The zero-order chi connectivity index (χ0) is 22.2. The lowest BCUT2D eigenvalue weighted by molar-refractivity contribution is 0.303. The predicted octanol–water partition coefficient (Wildman–Crippen LogP) is 4.02. The molecule has 1 heterocycles. The van der Waals surface area contributed by atoms with Crippen molar-refractivity contribution in [3.63, 3.8) is 0 Å². The third-order valence-corrected chi connectivity index (χ3v) is 4.92. The number of H-pyrrole nitrogens is 1. The fourth-order valence-electron chi connectivity index (χ4n) is 3.39. The number of hydrogen-bond acceptors (Lipinski definition) is 5. The molecule has 0 atom stereocenters. The van der Waals surface area contributed by atoms with E-state index in [9.17, 15) is 4.79 Å². The summed E-state index contributed by atoms with van der Waals surface area (Å²) in [5, 5.41) is 3.25. The van der Waals surface area contributed by atoms with Crippen LogP contribution in [0.3, 0.4) is 0 Å². The van der Waals surface area contributed by atoms with Crippen LogP contribution in [0.5, 0.6) is 17.2 Å². The molecule has 0 aliphatic carbocycles. The summed E-state index contributed by atoms with van der Waals surface area (Å²) in [5.41, 5.74) is 2.84. The van der Waals surface area contributed by atoms with Crippen molar-refractivity contribution < 1.29 is 14.2 Å². The molecule has 31 heavy (non-hydrogen) atoms. The maximum absolute atomic E-state index is 13.2. The molecular weight excluding hydrogens is 394 g/mol. The number of hydrogen-bond donors (Lipinski definition) is 1. The second kappa shape index (κ2) is 10.5. The molecule has 3 aromatic rings. The molecular formula is C24H29N3O4. The standard InChI is InChI=1S/C24H29N3O4/c1-5-8-20-23(24(28)27(26-20)18-11-13-19(29-3)14-12-18)17(2)25-15-16-31-22-10-7-6-9-21(22)30-4/h6-7,9-14,26H,5,8,15-16H2,1-4H3. The summed E-state index contributed by atoms with van der Waals surface area (Å²) >= 11 is 0. The Morgan fingerprint density at radius 2 is 1.74 bits per heavy atom. The normalized spacial score (nSPS) is 11.4. The minimum Gasteiger partial charge on any atom is -0.497 e. The van der Waals surface area contributed by atoms with Crippen molar-refractivity contribution in [2.75, 3.05) is 27.4 Å². The molecule has 1 aromatic heterocycles. The van der Waals surface area contributed by atoms with Gasteiger partial charge < -0.3 is 14.2 Å². The van der Waals surface area contributed by atoms with Crippen molar-refractivity contribution in [3.8, 4) is 22.9 Å². The van der Waals surface area contributed by atoms with E-state index in [0.717, 1.165) is 30.0 Å². The molecule has 0 bridgehead atoms. The Morgan fingerprint density at radius 3 is 2.39 bits per heavy atom. The molecule has 0 saturated carbocycles. The molecule has 2 aromatic carbocycles. The van der Waals surface area contributed by atoms with Crippen LogP contribution in [0, 0.1) is 0 Å². The van der Waals surface area contributed by atoms with Crippen molar-refractivity contribution in [1.82, 2.24) is 9.78 Å². The fraction of sp³-hybridized carbons (Fsp3) is 0.333. The van der Waals surface area contributed by atoms with E-state index < -0.39 is 0 Å². The van der Waals surface area contributed by atoms with E-state index >= 15 is 0 Å². The Balaban J connectivity index is 1.79. The van der Waals surface area contributed by atoms with Gasteiger partial charge in [-0.15, -0.1) is 0 Å². The lowest BCUT2D eigenvalue weighted by Gasteiger charge is -2.09. The first-order valence-electron chi connectivity index (χ1n) is 10.3. The summed E-state index contributed by atoms with van der Waals surface area (Å²) in [6, 6.07) is 14.9. The van der Waals surface area contributed by atoms with Crippen LogP contribution in [0.25, 0.3) is 5.69 Å². The van der Waals surface area contributed by atoms with Crippen LogP contribution in [0.2, 0.25) is 0 Å². The Bertz CT molecular complexity index is 1080. The van der Waals surface area contributed by atoms with Crippen LogP contribution in [0.4, 0.5) is 0 Å². The number of aliphatic imine (C=N–C) groups is 1. The van der Waals surface area contributed by atoms with Crippen molar-refractivity contribution in [1.29, 1.82) is 0 Å². The summed E-state index contributed by atoms with van der Waals surface area (Å²) in [6.07, 6.45) is 1.68. The first-order chi connectivity index (χ1) is 15.1. The Morgan fingerprint density at radius 1 is 1.03 bits per heavy atom. The van der Waals surface area contributed by atoms with E-state index in [1.807, 2.05) is 55.5 Å². The lowest BCUT2D eigenvalue weighted by atomic mass is 10.1. The van der Waals surface area contributed by atoms with E-state index in [4.69, 9.17) is 14.2 Å².